The summed E-state index contributed by atoms with van der Waals surface area (Å²) in [6.45, 7) is 1.60. The Kier molecular flexibility index (Phi) is 5.16. The standard InChI is InChI=1S/C19H21N3O5/c1-19(15-4-3-11-27-15)17(24)22(18(25)21-19)12-16(23)20-10-9-13-5-7-14(26-2)8-6-13/h3-8,11H,9-10,12H2,1-2H3,(H,20,23)(H,21,25)/t19-/m1/s1. The van der Waals surface area contributed by atoms with Gasteiger partial charge in [-0.2, -0.15) is 0 Å². The van der Waals surface area contributed by atoms with Gasteiger partial charge in [-0.1, -0.05) is 12.1 Å². The number of hydrogen-bond acceptors (Lipinski definition) is 5. The van der Waals surface area contributed by atoms with E-state index in [1.165, 1.54) is 6.26 Å². The van der Waals surface area contributed by atoms with Crippen molar-refractivity contribution < 1.29 is 23.5 Å². The van der Waals surface area contributed by atoms with E-state index in [0.717, 1.165) is 16.2 Å². The fourth-order valence-corrected chi connectivity index (χ4v) is 2.91. The molecule has 4 amide bonds. The van der Waals surface area contributed by atoms with E-state index in [1.807, 2.05) is 24.3 Å². The van der Waals surface area contributed by atoms with Crippen molar-refractivity contribution in [3.8, 4) is 5.75 Å². The fraction of sp³-hybridized carbons (Fsp3) is 0.316. The van der Waals surface area contributed by atoms with Crippen LogP contribution in [0.1, 0.15) is 18.2 Å². The van der Waals surface area contributed by atoms with Gasteiger partial charge in [0, 0.05) is 6.54 Å². The van der Waals surface area contributed by atoms with Crippen molar-refractivity contribution in [1.29, 1.82) is 0 Å². The summed E-state index contributed by atoms with van der Waals surface area (Å²) in [4.78, 5) is 37.8. The highest BCUT2D eigenvalue weighted by Crippen LogP contribution is 2.28. The Labute approximate surface area is 156 Å². The zero-order chi connectivity index (χ0) is 19.4. The molecular formula is C19H21N3O5. The van der Waals surface area contributed by atoms with E-state index in [2.05, 4.69) is 10.6 Å². The van der Waals surface area contributed by atoms with E-state index in [-0.39, 0.29) is 6.54 Å². The number of amides is 4. The average Bonchev–Trinajstić information content (AvgIpc) is 3.27. The second kappa shape index (κ2) is 7.53. The monoisotopic (exact) mass is 371 g/mol. The van der Waals surface area contributed by atoms with E-state index in [1.54, 1.807) is 26.2 Å². The largest absolute Gasteiger partial charge is 0.497 e. The number of urea groups is 1. The number of methoxy groups -OCH3 is 1. The number of carbonyl (C=O) groups excluding carboxylic acids is 3. The van der Waals surface area contributed by atoms with Crippen LogP contribution in [0.4, 0.5) is 4.79 Å². The molecule has 1 atom stereocenters. The van der Waals surface area contributed by atoms with Gasteiger partial charge in [0.05, 0.1) is 13.4 Å². The quantitative estimate of drug-likeness (QED) is 0.717. The van der Waals surface area contributed by atoms with Gasteiger partial charge in [-0.25, -0.2) is 4.79 Å². The first-order chi connectivity index (χ1) is 12.9. The molecule has 8 heteroatoms. The highest BCUT2D eigenvalue weighted by molar-refractivity contribution is 6.08. The highest BCUT2D eigenvalue weighted by atomic mass is 16.5. The first kappa shape index (κ1) is 18.5. The minimum atomic E-state index is -1.30. The van der Waals surface area contributed by atoms with Crippen LogP contribution >= 0.6 is 0 Å². The van der Waals surface area contributed by atoms with Gasteiger partial charge < -0.3 is 19.8 Å². The van der Waals surface area contributed by atoms with Crippen LogP contribution in [0, 0.1) is 0 Å². The number of rotatable bonds is 7. The van der Waals surface area contributed by atoms with Crippen LogP contribution in [-0.2, 0) is 21.5 Å². The van der Waals surface area contributed by atoms with E-state index in [4.69, 9.17) is 9.15 Å². The fourth-order valence-electron chi connectivity index (χ4n) is 2.91. The Morgan fingerprint density at radius 1 is 1.26 bits per heavy atom. The average molecular weight is 371 g/mol. The van der Waals surface area contributed by atoms with Crippen molar-refractivity contribution in [3.63, 3.8) is 0 Å². The van der Waals surface area contributed by atoms with Gasteiger partial charge in [-0.3, -0.25) is 14.5 Å². The molecule has 0 saturated carbocycles. The van der Waals surface area contributed by atoms with Crippen molar-refractivity contribution in [2.75, 3.05) is 20.2 Å². The highest BCUT2D eigenvalue weighted by Gasteiger charge is 2.51. The molecule has 2 N–H and O–H groups in total. The summed E-state index contributed by atoms with van der Waals surface area (Å²) in [7, 11) is 1.60. The lowest BCUT2D eigenvalue weighted by Crippen LogP contribution is -2.43. The van der Waals surface area contributed by atoms with Crippen LogP contribution in [0.3, 0.4) is 0 Å². The number of nitrogens with zero attached hydrogens (tertiary/aromatic N) is 1. The van der Waals surface area contributed by atoms with Crippen LogP contribution in [0.5, 0.6) is 5.75 Å². The zero-order valence-electron chi connectivity index (χ0n) is 15.2. The number of furan rings is 1. The van der Waals surface area contributed by atoms with Crippen molar-refractivity contribution in [1.82, 2.24) is 15.5 Å². The molecular weight excluding hydrogens is 350 g/mol. The molecule has 2 aromatic rings. The summed E-state index contributed by atoms with van der Waals surface area (Å²) >= 11 is 0. The van der Waals surface area contributed by atoms with Crippen LogP contribution in [0.2, 0.25) is 0 Å². The first-order valence-corrected chi connectivity index (χ1v) is 8.52. The summed E-state index contributed by atoms with van der Waals surface area (Å²) in [5.41, 5.74) is -0.263. The predicted octanol–water partition coefficient (Wildman–Crippen LogP) is 1.41. The third kappa shape index (κ3) is 3.79. The molecule has 0 bridgehead atoms. The molecule has 1 saturated heterocycles. The molecule has 2 heterocycles. The van der Waals surface area contributed by atoms with Crippen LogP contribution < -0.4 is 15.4 Å². The summed E-state index contributed by atoms with van der Waals surface area (Å²) in [5, 5.41) is 5.30. The second-order valence-electron chi connectivity index (χ2n) is 6.37. The zero-order valence-corrected chi connectivity index (χ0v) is 15.2. The van der Waals surface area contributed by atoms with E-state index >= 15 is 0 Å². The van der Waals surface area contributed by atoms with Crippen molar-refractivity contribution in [2.24, 2.45) is 0 Å². The molecule has 0 spiro atoms. The second-order valence-corrected chi connectivity index (χ2v) is 6.37. The normalized spacial score (nSPS) is 19.1. The summed E-state index contributed by atoms with van der Waals surface area (Å²) in [6, 6.07) is 10.1. The van der Waals surface area contributed by atoms with Crippen molar-refractivity contribution >= 4 is 17.8 Å². The van der Waals surface area contributed by atoms with Crippen LogP contribution in [-0.4, -0.2) is 42.9 Å². The van der Waals surface area contributed by atoms with Gasteiger partial charge in [-0.05, 0) is 43.2 Å². The number of ether oxygens (including phenoxy) is 1. The molecule has 1 aromatic carbocycles. The predicted molar refractivity (Wildman–Crippen MR) is 96.0 cm³/mol. The first-order valence-electron chi connectivity index (χ1n) is 8.52. The number of hydrogen-bond donors (Lipinski definition) is 2. The van der Waals surface area contributed by atoms with Gasteiger partial charge in [-0.15, -0.1) is 0 Å². The smallest absolute Gasteiger partial charge is 0.325 e. The Bertz CT molecular complexity index is 832. The van der Waals surface area contributed by atoms with E-state index in [9.17, 15) is 14.4 Å². The SMILES string of the molecule is COc1ccc(CCNC(=O)CN2C(=O)N[C@](C)(c3ccco3)C2=O)cc1. The molecule has 8 nitrogen and oxygen atoms in total. The Hall–Kier alpha value is -3.29. The van der Waals surface area contributed by atoms with Gasteiger partial charge in [0.1, 0.15) is 18.1 Å². The molecule has 3 rings (SSSR count). The Morgan fingerprint density at radius 3 is 2.63 bits per heavy atom. The maximum absolute atomic E-state index is 12.6. The number of imide groups is 1. The van der Waals surface area contributed by atoms with Gasteiger partial charge in [0.2, 0.25) is 5.91 Å². The lowest BCUT2D eigenvalue weighted by molar-refractivity contribution is -0.135. The van der Waals surface area contributed by atoms with Crippen molar-refractivity contribution in [2.45, 2.75) is 18.9 Å². The minimum absolute atomic E-state index is 0.322. The molecule has 1 aliphatic rings. The maximum atomic E-state index is 12.6. The van der Waals surface area contributed by atoms with E-state index in [0.29, 0.717) is 18.7 Å². The molecule has 0 unspecified atom stereocenters. The molecule has 0 aliphatic carbocycles. The van der Waals surface area contributed by atoms with Gasteiger partial charge in [0.25, 0.3) is 5.91 Å². The maximum Gasteiger partial charge on any atom is 0.325 e. The van der Waals surface area contributed by atoms with E-state index < -0.39 is 23.4 Å². The van der Waals surface area contributed by atoms with Gasteiger partial charge in [0.15, 0.2) is 5.54 Å². The molecule has 142 valence electrons. The van der Waals surface area contributed by atoms with Gasteiger partial charge >= 0.3 is 6.03 Å². The summed E-state index contributed by atoms with van der Waals surface area (Å²) in [6.07, 6.45) is 2.05. The van der Waals surface area contributed by atoms with Crippen LogP contribution in [0.25, 0.3) is 0 Å². The summed E-state index contributed by atoms with van der Waals surface area (Å²) in [5.74, 6) is 0.160. The Morgan fingerprint density at radius 2 is 2.00 bits per heavy atom. The topological polar surface area (TPSA) is 101 Å². The molecule has 1 aromatic heterocycles. The van der Waals surface area contributed by atoms with Crippen molar-refractivity contribution in [3.05, 3.63) is 54.0 Å². The minimum Gasteiger partial charge on any atom is -0.497 e. The number of benzene rings is 1. The lowest BCUT2D eigenvalue weighted by atomic mass is 9.99. The number of nitrogens with one attached hydrogen (secondary N) is 2. The van der Waals surface area contributed by atoms with Crippen LogP contribution in [0.15, 0.2) is 47.1 Å². The molecule has 27 heavy (non-hydrogen) atoms. The molecule has 1 aliphatic heterocycles. The third-order valence-corrected chi connectivity index (χ3v) is 4.49. The Balaban J connectivity index is 1.53. The lowest BCUT2D eigenvalue weighted by Gasteiger charge is -2.18. The summed E-state index contributed by atoms with van der Waals surface area (Å²) < 4.78 is 10.3. The molecule has 1 fully saturated rings. The number of carbonyl (C=O) groups is 3. The third-order valence-electron chi connectivity index (χ3n) is 4.49. The molecule has 0 radical (unpaired) electrons.